The highest BCUT2D eigenvalue weighted by molar-refractivity contribution is 5.79. The standard InChI is InChI=1S/C18H25N5O2/c1-12-13(2)25-17(23-12)10-22-18(19-3)21-9-15-6-7-20-16(8-15)24-11-14-4-5-14/h6-8,14H,4-5,9-11H2,1-3H3,(H2,19,21,22). The molecule has 7 heteroatoms. The SMILES string of the molecule is CN=C(NCc1ccnc(OCC2CC2)c1)NCc1nc(C)c(C)o1. The summed E-state index contributed by atoms with van der Waals surface area (Å²) in [5, 5.41) is 6.46. The summed E-state index contributed by atoms with van der Waals surface area (Å²) in [4.78, 5) is 12.8. The predicted molar refractivity (Wildman–Crippen MR) is 95.5 cm³/mol. The molecule has 2 heterocycles. The molecule has 3 rings (SSSR count). The van der Waals surface area contributed by atoms with Gasteiger partial charge in [0.15, 0.2) is 5.96 Å². The van der Waals surface area contributed by atoms with Crippen LogP contribution in [-0.4, -0.2) is 29.6 Å². The number of guanidine groups is 1. The van der Waals surface area contributed by atoms with Crippen molar-refractivity contribution < 1.29 is 9.15 Å². The molecule has 0 unspecified atom stereocenters. The van der Waals surface area contributed by atoms with Gasteiger partial charge in [-0.2, -0.15) is 0 Å². The Labute approximate surface area is 147 Å². The molecule has 0 aliphatic heterocycles. The van der Waals surface area contributed by atoms with E-state index in [0.29, 0.717) is 36.7 Å². The highest BCUT2D eigenvalue weighted by Crippen LogP contribution is 2.29. The lowest BCUT2D eigenvalue weighted by Crippen LogP contribution is -2.36. The third-order valence-electron chi connectivity index (χ3n) is 4.13. The van der Waals surface area contributed by atoms with Crippen molar-refractivity contribution in [2.24, 2.45) is 10.9 Å². The van der Waals surface area contributed by atoms with Gasteiger partial charge < -0.3 is 19.8 Å². The van der Waals surface area contributed by atoms with Gasteiger partial charge in [0.1, 0.15) is 5.76 Å². The molecule has 25 heavy (non-hydrogen) atoms. The number of hydrogen-bond donors (Lipinski definition) is 2. The number of nitrogens with zero attached hydrogens (tertiary/aromatic N) is 3. The summed E-state index contributed by atoms with van der Waals surface area (Å²) < 4.78 is 11.3. The molecule has 1 saturated carbocycles. The number of aromatic nitrogens is 2. The Balaban J connectivity index is 1.47. The van der Waals surface area contributed by atoms with Crippen molar-refractivity contribution in [1.82, 2.24) is 20.6 Å². The van der Waals surface area contributed by atoms with E-state index in [9.17, 15) is 0 Å². The summed E-state index contributed by atoms with van der Waals surface area (Å²) in [6.45, 7) is 5.72. The molecule has 2 N–H and O–H groups in total. The highest BCUT2D eigenvalue weighted by atomic mass is 16.5. The Morgan fingerprint density at radius 1 is 1.32 bits per heavy atom. The van der Waals surface area contributed by atoms with Crippen molar-refractivity contribution in [3.8, 4) is 5.88 Å². The minimum Gasteiger partial charge on any atom is -0.477 e. The minimum absolute atomic E-state index is 0.487. The van der Waals surface area contributed by atoms with Gasteiger partial charge >= 0.3 is 0 Å². The highest BCUT2D eigenvalue weighted by Gasteiger charge is 2.22. The van der Waals surface area contributed by atoms with Gasteiger partial charge in [0.05, 0.1) is 18.8 Å². The number of nitrogens with one attached hydrogen (secondary N) is 2. The molecular formula is C18H25N5O2. The zero-order chi connectivity index (χ0) is 17.6. The Hall–Kier alpha value is -2.57. The van der Waals surface area contributed by atoms with Crippen molar-refractivity contribution in [3.63, 3.8) is 0 Å². The summed E-state index contributed by atoms with van der Waals surface area (Å²) >= 11 is 0. The zero-order valence-electron chi connectivity index (χ0n) is 15.0. The van der Waals surface area contributed by atoms with Gasteiger partial charge in [-0.3, -0.25) is 4.99 Å². The van der Waals surface area contributed by atoms with Crippen molar-refractivity contribution >= 4 is 5.96 Å². The number of aryl methyl sites for hydroxylation is 2. The topological polar surface area (TPSA) is 84.6 Å². The number of oxazole rings is 1. The first kappa shape index (κ1) is 17.3. The average Bonchev–Trinajstić information content (AvgIpc) is 3.39. The van der Waals surface area contributed by atoms with E-state index in [-0.39, 0.29) is 0 Å². The lowest BCUT2D eigenvalue weighted by molar-refractivity contribution is 0.288. The second kappa shape index (κ2) is 8.00. The molecule has 0 bridgehead atoms. The monoisotopic (exact) mass is 343 g/mol. The van der Waals surface area contributed by atoms with E-state index in [4.69, 9.17) is 9.15 Å². The van der Waals surface area contributed by atoms with Crippen LogP contribution in [0.5, 0.6) is 5.88 Å². The van der Waals surface area contributed by atoms with Gasteiger partial charge in [0, 0.05) is 25.9 Å². The van der Waals surface area contributed by atoms with Gasteiger partial charge in [-0.1, -0.05) is 0 Å². The number of pyridine rings is 1. The number of rotatable bonds is 7. The average molecular weight is 343 g/mol. The molecule has 7 nitrogen and oxygen atoms in total. The minimum atomic E-state index is 0.487. The molecule has 1 aliphatic carbocycles. The smallest absolute Gasteiger partial charge is 0.214 e. The Kier molecular flexibility index (Phi) is 5.53. The summed E-state index contributed by atoms with van der Waals surface area (Å²) in [5.74, 6) is 3.58. The van der Waals surface area contributed by atoms with Crippen LogP contribution in [-0.2, 0) is 13.1 Å². The fourth-order valence-corrected chi connectivity index (χ4v) is 2.31. The lowest BCUT2D eigenvalue weighted by atomic mass is 10.2. The van der Waals surface area contributed by atoms with Gasteiger partial charge in [0.25, 0.3) is 0 Å². The van der Waals surface area contributed by atoms with E-state index in [2.05, 4.69) is 25.6 Å². The van der Waals surface area contributed by atoms with Crippen molar-refractivity contribution in [1.29, 1.82) is 0 Å². The van der Waals surface area contributed by atoms with Gasteiger partial charge in [0.2, 0.25) is 11.8 Å². The Bertz CT molecular complexity index is 717. The summed E-state index contributed by atoms with van der Waals surface area (Å²) in [6.07, 6.45) is 4.31. The van der Waals surface area contributed by atoms with Gasteiger partial charge in [-0.05, 0) is 44.2 Å². The van der Waals surface area contributed by atoms with Crippen LogP contribution >= 0.6 is 0 Å². The molecule has 134 valence electrons. The maximum Gasteiger partial charge on any atom is 0.214 e. The van der Waals surface area contributed by atoms with Crippen LogP contribution in [0, 0.1) is 19.8 Å². The van der Waals surface area contributed by atoms with Gasteiger partial charge in [-0.15, -0.1) is 0 Å². The quantitative estimate of drug-likeness (QED) is 0.593. The van der Waals surface area contributed by atoms with E-state index in [1.54, 1.807) is 13.2 Å². The molecule has 0 atom stereocenters. The van der Waals surface area contributed by atoms with Crippen LogP contribution in [0.25, 0.3) is 0 Å². The fraction of sp³-hybridized carbons (Fsp3) is 0.500. The van der Waals surface area contributed by atoms with Crippen LogP contribution in [0.2, 0.25) is 0 Å². The van der Waals surface area contributed by atoms with Crippen molar-refractivity contribution in [3.05, 3.63) is 41.2 Å². The van der Waals surface area contributed by atoms with Crippen LogP contribution in [0.1, 0.15) is 35.7 Å². The molecule has 0 spiro atoms. The Morgan fingerprint density at radius 3 is 2.80 bits per heavy atom. The first-order valence-corrected chi connectivity index (χ1v) is 8.59. The molecule has 0 radical (unpaired) electrons. The third kappa shape index (κ3) is 5.20. The molecule has 2 aromatic rings. The summed E-state index contributed by atoms with van der Waals surface area (Å²) in [7, 11) is 1.73. The van der Waals surface area contributed by atoms with Crippen molar-refractivity contribution in [2.75, 3.05) is 13.7 Å². The lowest BCUT2D eigenvalue weighted by Gasteiger charge is -2.11. The number of aliphatic imine (C=N–C) groups is 1. The maximum atomic E-state index is 5.72. The Morgan fingerprint density at radius 2 is 2.12 bits per heavy atom. The molecule has 0 amide bonds. The number of ether oxygens (including phenoxy) is 1. The van der Waals surface area contributed by atoms with E-state index in [1.165, 1.54) is 12.8 Å². The summed E-state index contributed by atoms with van der Waals surface area (Å²) in [6, 6.07) is 3.93. The number of hydrogen-bond acceptors (Lipinski definition) is 5. The van der Waals surface area contributed by atoms with Gasteiger partial charge in [-0.25, -0.2) is 9.97 Å². The molecular weight excluding hydrogens is 318 g/mol. The van der Waals surface area contributed by atoms with E-state index < -0.39 is 0 Å². The normalized spacial score (nSPS) is 14.4. The fourth-order valence-electron chi connectivity index (χ4n) is 2.31. The molecule has 1 fully saturated rings. The first-order chi connectivity index (χ1) is 12.1. The van der Waals surface area contributed by atoms with E-state index in [1.807, 2.05) is 26.0 Å². The first-order valence-electron chi connectivity index (χ1n) is 8.59. The molecule has 0 aromatic carbocycles. The van der Waals surface area contributed by atoms with Crippen molar-refractivity contribution in [2.45, 2.75) is 39.8 Å². The summed E-state index contributed by atoms with van der Waals surface area (Å²) in [5.41, 5.74) is 2.00. The second-order valence-corrected chi connectivity index (χ2v) is 6.29. The predicted octanol–water partition coefficient (Wildman–Crippen LogP) is 2.34. The van der Waals surface area contributed by atoms with Crippen LogP contribution in [0.15, 0.2) is 27.7 Å². The maximum absolute atomic E-state index is 5.72. The van der Waals surface area contributed by atoms with E-state index >= 15 is 0 Å². The second-order valence-electron chi connectivity index (χ2n) is 6.29. The van der Waals surface area contributed by atoms with Crippen LogP contribution in [0.4, 0.5) is 0 Å². The molecule has 0 saturated heterocycles. The molecule has 2 aromatic heterocycles. The van der Waals surface area contributed by atoms with Crippen LogP contribution in [0.3, 0.4) is 0 Å². The zero-order valence-corrected chi connectivity index (χ0v) is 15.0. The van der Waals surface area contributed by atoms with E-state index in [0.717, 1.165) is 23.6 Å². The largest absolute Gasteiger partial charge is 0.477 e. The molecule has 1 aliphatic rings. The third-order valence-corrected chi connectivity index (χ3v) is 4.13. The van der Waals surface area contributed by atoms with Crippen LogP contribution < -0.4 is 15.4 Å².